The number of rotatable bonds is 7. The molecule has 2 N–H and O–H groups in total. The molecule has 0 spiro atoms. The summed E-state index contributed by atoms with van der Waals surface area (Å²) >= 11 is 4.67. The summed E-state index contributed by atoms with van der Waals surface area (Å²) in [5, 5.41) is 3.86. The Balaban J connectivity index is 0.000000231. The molecule has 2 aliphatic carbocycles. The van der Waals surface area contributed by atoms with Crippen molar-refractivity contribution in [3.8, 4) is 5.75 Å². The monoisotopic (exact) mass is 492 g/mol. The molecule has 3 rings (SSSR count). The lowest BCUT2D eigenvalue weighted by Gasteiger charge is -2.30. The maximum Gasteiger partial charge on any atom is 0.377 e. The van der Waals surface area contributed by atoms with E-state index >= 15 is 0 Å². The molecule has 2 saturated carbocycles. The quantitative estimate of drug-likeness (QED) is 0.545. The molecule has 0 heterocycles. The molecular weight excluding hydrogens is 455 g/mol. The standard InChI is InChI=1S/C12H23N.C9H14NO5PS2/c1-3-7-11(8-4-1)13-12-9-5-2-6-10-12;1-10(2)18(12,13)9-6-4-8(5-7-9)15-16(11,17)14-3/h11-13H,1-10H2;4-7H,1-3H3,(H,11,17). The van der Waals surface area contributed by atoms with Gasteiger partial charge in [-0.1, -0.05) is 38.5 Å². The maximum atomic E-state index is 11.8. The number of hydrogen-bond acceptors (Lipinski definition) is 6. The van der Waals surface area contributed by atoms with Crippen molar-refractivity contribution < 1.29 is 22.4 Å². The Labute approximate surface area is 192 Å². The highest BCUT2D eigenvalue weighted by atomic mass is 32.5. The zero-order valence-corrected chi connectivity index (χ0v) is 21.4. The van der Waals surface area contributed by atoms with Gasteiger partial charge in [0.15, 0.2) is 0 Å². The van der Waals surface area contributed by atoms with Crippen molar-refractivity contribution in [1.29, 1.82) is 0 Å². The van der Waals surface area contributed by atoms with Crippen molar-refractivity contribution in [3.63, 3.8) is 0 Å². The second-order valence-electron chi connectivity index (χ2n) is 8.34. The molecular formula is C21H37N2O5PS2. The van der Waals surface area contributed by atoms with Gasteiger partial charge in [0.2, 0.25) is 10.0 Å². The van der Waals surface area contributed by atoms with Gasteiger partial charge in [0.25, 0.3) is 0 Å². The fourth-order valence-electron chi connectivity index (χ4n) is 3.93. The van der Waals surface area contributed by atoms with Crippen LogP contribution in [0.3, 0.4) is 0 Å². The Kier molecular flexibility index (Phi) is 10.9. The van der Waals surface area contributed by atoms with E-state index in [4.69, 9.17) is 4.52 Å². The third-order valence-corrected chi connectivity index (χ3v) is 9.14. The summed E-state index contributed by atoms with van der Waals surface area (Å²) < 4.78 is 34.3. The molecule has 0 saturated heterocycles. The van der Waals surface area contributed by atoms with Crippen molar-refractivity contribution in [2.24, 2.45) is 0 Å². The van der Waals surface area contributed by atoms with E-state index in [0.717, 1.165) is 16.4 Å². The Hall–Kier alpha value is -0.540. The first-order valence-corrected chi connectivity index (χ1v) is 15.0. The van der Waals surface area contributed by atoms with Crippen LogP contribution in [0.25, 0.3) is 0 Å². The highest BCUT2D eigenvalue weighted by molar-refractivity contribution is 8.07. The summed E-state index contributed by atoms with van der Waals surface area (Å²) in [7, 11) is 0.651. The van der Waals surface area contributed by atoms with Gasteiger partial charge in [-0.25, -0.2) is 12.7 Å². The van der Waals surface area contributed by atoms with Gasteiger partial charge >= 0.3 is 6.72 Å². The summed E-state index contributed by atoms with van der Waals surface area (Å²) in [5.41, 5.74) is 0. The van der Waals surface area contributed by atoms with E-state index < -0.39 is 16.7 Å². The molecule has 1 atom stereocenters. The molecule has 31 heavy (non-hydrogen) atoms. The fraction of sp³-hybridized carbons (Fsp3) is 0.714. The van der Waals surface area contributed by atoms with Gasteiger partial charge in [-0.15, -0.1) is 0 Å². The summed E-state index contributed by atoms with van der Waals surface area (Å²) in [6, 6.07) is 7.30. The molecule has 7 nitrogen and oxygen atoms in total. The van der Waals surface area contributed by atoms with E-state index in [0.29, 0.717) is 0 Å². The van der Waals surface area contributed by atoms with Crippen molar-refractivity contribution in [3.05, 3.63) is 24.3 Å². The zero-order chi connectivity index (χ0) is 22.9. The van der Waals surface area contributed by atoms with E-state index in [9.17, 15) is 13.3 Å². The lowest BCUT2D eigenvalue weighted by Crippen LogP contribution is -2.40. The van der Waals surface area contributed by atoms with Crippen LogP contribution < -0.4 is 9.84 Å². The SMILES string of the molecule is C1CCC(NC2CCCCC2)CC1.COP(O)(=S)Oc1ccc(S(=O)(=O)N(C)C)cc1. The molecule has 1 aromatic rings. The van der Waals surface area contributed by atoms with Crippen LogP contribution in [0, 0.1) is 0 Å². The van der Waals surface area contributed by atoms with Crippen molar-refractivity contribution in [2.45, 2.75) is 81.2 Å². The maximum absolute atomic E-state index is 11.8. The van der Waals surface area contributed by atoms with Crippen LogP contribution in [0.5, 0.6) is 5.75 Å². The van der Waals surface area contributed by atoms with Gasteiger partial charge in [-0.2, -0.15) is 0 Å². The minimum atomic E-state index is -3.48. The summed E-state index contributed by atoms with van der Waals surface area (Å²) in [4.78, 5) is 9.58. The Bertz CT molecular complexity index is 790. The van der Waals surface area contributed by atoms with E-state index in [1.807, 2.05) is 0 Å². The largest absolute Gasteiger partial charge is 0.424 e. The molecule has 0 amide bonds. The minimum Gasteiger partial charge on any atom is -0.424 e. The van der Waals surface area contributed by atoms with Crippen LogP contribution >= 0.6 is 6.72 Å². The molecule has 0 bridgehead atoms. The smallest absolute Gasteiger partial charge is 0.377 e. The molecule has 2 aliphatic rings. The Morgan fingerprint density at radius 1 is 0.968 bits per heavy atom. The van der Waals surface area contributed by atoms with Crippen molar-refractivity contribution in [2.75, 3.05) is 21.2 Å². The number of nitrogens with zero attached hydrogens (tertiary/aromatic N) is 1. The van der Waals surface area contributed by atoms with Crippen molar-refractivity contribution >= 4 is 28.5 Å². The summed E-state index contributed by atoms with van der Waals surface area (Å²) in [6.45, 7) is -3.30. The molecule has 1 aromatic carbocycles. The summed E-state index contributed by atoms with van der Waals surface area (Å²) in [6.07, 6.45) is 14.6. The van der Waals surface area contributed by atoms with Crippen LogP contribution in [-0.4, -0.2) is 50.9 Å². The highest BCUT2D eigenvalue weighted by Gasteiger charge is 2.20. The zero-order valence-electron chi connectivity index (χ0n) is 18.8. The third kappa shape index (κ3) is 9.08. The average Bonchev–Trinajstić information content (AvgIpc) is 2.76. The molecule has 10 heteroatoms. The van der Waals surface area contributed by atoms with Gasteiger partial charge in [-0.05, 0) is 49.9 Å². The van der Waals surface area contributed by atoms with Gasteiger partial charge in [0, 0.05) is 45.1 Å². The van der Waals surface area contributed by atoms with Gasteiger partial charge in [0.05, 0.1) is 4.90 Å². The first kappa shape index (κ1) is 26.7. The molecule has 178 valence electrons. The van der Waals surface area contributed by atoms with Gasteiger partial charge in [-0.3, -0.25) is 0 Å². The Morgan fingerprint density at radius 3 is 1.81 bits per heavy atom. The Morgan fingerprint density at radius 2 is 1.42 bits per heavy atom. The predicted molar refractivity (Wildman–Crippen MR) is 128 cm³/mol. The highest BCUT2D eigenvalue weighted by Crippen LogP contribution is 2.43. The van der Waals surface area contributed by atoms with E-state index in [1.54, 1.807) is 0 Å². The van der Waals surface area contributed by atoms with Crippen LogP contribution in [0.2, 0.25) is 0 Å². The van der Waals surface area contributed by atoms with Crippen molar-refractivity contribution in [1.82, 2.24) is 9.62 Å². The molecule has 1 unspecified atom stereocenters. The van der Waals surface area contributed by atoms with Crippen LogP contribution in [0.15, 0.2) is 29.2 Å². The van der Waals surface area contributed by atoms with E-state index in [-0.39, 0.29) is 10.6 Å². The normalized spacial score (nSPS) is 20.5. The fourth-order valence-corrected chi connectivity index (χ4v) is 5.55. The molecule has 2 fully saturated rings. The van der Waals surface area contributed by atoms with Gasteiger partial charge < -0.3 is 19.3 Å². The first-order valence-electron chi connectivity index (χ1n) is 11.0. The topological polar surface area (TPSA) is 88.1 Å². The average molecular weight is 493 g/mol. The lowest BCUT2D eigenvalue weighted by atomic mass is 9.91. The number of benzene rings is 1. The second-order valence-corrected chi connectivity index (χ2v) is 13.4. The summed E-state index contributed by atoms with van der Waals surface area (Å²) in [5.74, 6) is 0.250. The molecule has 0 radical (unpaired) electrons. The van der Waals surface area contributed by atoms with Crippen LogP contribution in [0.4, 0.5) is 0 Å². The van der Waals surface area contributed by atoms with E-state index in [1.165, 1.54) is 110 Å². The number of nitrogens with one attached hydrogen (secondary N) is 1. The molecule has 0 aliphatic heterocycles. The van der Waals surface area contributed by atoms with Gasteiger partial charge in [0.1, 0.15) is 5.75 Å². The lowest BCUT2D eigenvalue weighted by molar-refractivity contribution is 0.291. The second kappa shape index (κ2) is 12.6. The van der Waals surface area contributed by atoms with Crippen LogP contribution in [-0.2, 0) is 26.4 Å². The van der Waals surface area contributed by atoms with E-state index in [2.05, 4.69) is 21.6 Å². The molecule has 0 aromatic heterocycles. The van der Waals surface area contributed by atoms with Crippen LogP contribution in [0.1, 0.15) is 64.2 Å². The number of hydrogen-bond donors (Lipinski definition) is 2. The number of sulfonamides is 1. The minimum absolute atomic E-state index is 0.128. The third-order valence-electron chi connectivity index (χ3n) is 5.74. The predicted octanol–water partition coefficient (Wildman–Crippen LogP) is 4.42. The first-order chi connectivity index (χ1) is 14.6.